The lowest BCUT2D eigenvalue weighted by Crippen LogP contribution is -2.48. The highest BCUT2D eigenvalue weighted by atomic mass is 16.3. The molecule has 0 unspecified atom stereocenters. The van der Waals surface area contributed by atoms with Gasteiger partial charge in [0.2, 0.25) is 5.91 Å². The number of fused-ring (bicyclic) bond motifs is 1. The summed E-state index contributed by atoms with van der Waals surface area (Å²) in [5.41, 5.74) is 3.35. The van der Waals surface area contributed by atoms with Crippen LogP contribution in [0, 0.1) is 5.92 Å². The van der Waals surface area contributed by atoms with Gasteiger partial charge in [-0.2, -0.15) is 0 Å². The summed E-state index contributed by atoms with van der Waals surface area (Å²) in [4.78, 5) is 24.6. The number of nitrogens with zero attached hydrogens (tertiary/aromatic N) is 3. The van der Waals surface area contributed by atoms with Gasteiger partial charge in [-0.3, -0.25) is 4.79 Å². The molecule has 1 aromatic heterocycles. The summed E-state index contributed by atoms with van der Waals surface area (Å²) in [5, 5.41) is 21.2. The van der Waals surface area contributed by atoms with Gasteiger partial charge in [0.1, 0.15) is 5.82 Å². The number of benzene rings is 1. The molecule has 7 heteroatoms. The molecular formula is C22H28N4O3. The van der Waals surface area contributed by atoms with Crippen LogP contribution in [0.25, 0.3) is 11.4 Å². The van der Waals surface area contributed by atoms with E-state index < -0.39 is 6.04 Å². The van der Waals surface area contributed by atoms with Crippen molar-refractivity contribution in [2.24, 2.45) is 5.92 Å². The summed E-state index contributed by atoms with van der Waals surface area (Å²) in [5.74, 6) is 1.41. The van der Waals surface area contributed by atoms with E-state index in [0.29, 0.717) is 6.54 Å². The van der Waals surface area contributed by atoms with Gasteiger partial charge in [-0.1, -0.05) is 30.3 Å². The van der Waals surface area contributed by atoms with Gasteiger partial charge >= 0.3 is 0 Å². The average molecular weight is 396 g/mol. The van der Waals surface area contributed by atoms with E-state index in [1.807, 2.05) is 30.3 Å². The fourth-order valence-electron chi connectivity index (χ4n) is 4.24. The molecule has 1 amide bonds. The number of aryl methyl sites for hydroxylation is 1. The Balaban J connectivity index is 1.59. The van der Waals surface area contributed by atoms with Gasteiger partial charge in [0, 0.05) is 29.9 Å². The first-order chi connectivity index (χ1) is 14.2. The highest BCUT2D eigenvalue weighted by Crippen LogP contribution is 2.33. The molecule has 2 heterocycles. The molecule has 3 N–H and O–H groups in total. The first kappa shape index (κ1) is 19.8. The Hall–Kier alpha value is -2.51. The number of aromatic nitrogens is 2. The first-order valence-corrected chi connectivity index (χ1v) is 10.4. The highest BCUT2D eigenvalue weighted by molar-refractivity contribution is 5.80. The number of piperidine rings is 1. The topological polar surface area (TPSA) is 98.6 Å². The number of hydrogen-bond acceptors (Lipinski definition) is 6. The van der Waals surface area contributed by atoms with Crippen LogP contribution >= 0.6 is 0 Å². The van der Waals surface area contributed by atoms with Gasteiger partial charge in [-0.25, -0.2) is 9.97 Å². The number of anilines is 1. The molecule has 1 fully saturated rings. The quantitative estimate of drug-likeness (QED) is 0.681. The van der Waals surface area contributed by atoms with E-state index in [9.17, 15) is 15.0 Å². The van der Waals surface area contributed by atoms with Crippen molar-refractivity contribution in [2.75, 3.05) is 31.2 Å². The zero-order valence-electron chi connectivity index (χ0n) is 16.5. The van der Waals surface area contributed by atoms with Crippen molar-refractivity contribution in [2.45, 2.75) is 38.1 Å². The van der Waals surface area contributed by atoms with E-state index in [0.717, 1.165) is 61.5 Å². The maximum absolute atomic E-state index is 12.6. The van der Waals surface area contributed by atoms with Crippen molar-refractivity contribution in [1.82, 2.24) is 15.3 Å². The molecule has 1 atom stereocenters. The Morgan fingerprint density at radius 2 is 1.93 bits per heavy atom. The monoisotopic (exact) mass is 396 g/mol. The zero-order valence-corrected chi connectivity index (χ0v) is 16.5. The van der Waals surface area contributed by atoms with E-state index in [1.165, 1.54) is 5.56 Å². The van der Waals surface area contributed by atoms with Crippen molar-refractivity contribution >= 4 is 11.7 Å². The van der Waals surface area contributed by atoms with Gasteiger partial charge in [-0.05, 0) is 32.1 Å². The second kappa shape index (κ2) is 8.88. The molecule has 1 saturated heterocycles. The van der Waals surface area contributed by atoms with Crippen LogP contribution in [-0.2, 0) is 17.6 Å². The number of carbonyl (C=O) groups is 1. The second-order valence-electron chi connectivity index (χ2n) is 7.87. The van der Waals surface area contributed by atoms with Gasteiger partial charge in [-0.15, -0.1) is 0 Å². The van der Waals surface area contributed by atoms with Crippen LogP contribution in [0.5, 0.6) is 0 Å². The van der Waals surface area contributed by atoms with Crippen LogP contribution in [-0.4, -0.2) is 58.4 Å². The van der Waals surface area contributed by atoms with Crippen LogP contribution in [0.4, 0.5) is 5.82 Å². The van der Waals surface area contributed by atoms with Crippen molar-refractivity contribution in [3.63, 3.8) is 0 Å². The summed E-state index contributed by atoms with van der Waals surface area (Å²) in [6, 6.07) is 9.41. The molecule has 0 radical (unpaired) electrons. The van der Waals surface area contributed by atoms with Gasteiger partial charge in [0.15, 0.2) is 5.82 Å². The van der Waals surface area contributed by atoms with Crippen LogP contribution in [0.15, 0.2) is 30.3 Å². The molecule has 7 nitrogen and oxygen atoms in total. The van der Waals surface area contributed by atoms with Crippen LogP contribution in [0.3, 0.4) is 0 Å². The minimum atomic E-state index is -0.606. The Kier molecular flexibility index (Phi) is 6.06. The molecule has 154 valence electrons. The summed E-state index contributed by atoms with van der Waals surface area (Å²) < 4.78 is 0. The van der Waals surface area contributed by atoms with Crippen LogP contribution < -0.4 is 10.2 Å². The zero-order chi connectivity index (χ0) is 20.2. The largest absolute Gasteiger partial charge is 0.394 e. The predicted molar refractivity (Wildman–Crippen MR) is 111 cm³/mol. The lowest BCUT2D eigenvalue weighted by Gasteiger charge is -2.34. The predicted octanol–water partition coefficient (Wildman–Crippen LogP) is 1.32. The molecule has 0 bridgehead atoms. The summed E-state index contributed by atoms with van der Waals surface area (Å²) in [6.07, 6.45) is 4.73. The molecule has 0 spiro atoms. The fraction of sp³-hybridized carbons (Fsp3) is 0.500. The summed E-state index contributed by atoms with van der Waals surface area (Å²) >= 11 is 0. The minimum absolute atomic E-state index is 0.114. The van der Waals surface area contributed by atoms with E-state index >= 15 is 0 Å². The Morgan fingerprint density at radius 3 is 2.69 bits per heavy atom. The van der Waals surface area contributed by atoms with E-state index in [4.69, 9.17) is 9.97 Å². The number of aliphatic hydroxyl groups is 2. The fourth-order valence-corrected chi connectivity index (χ4v) is 4.24. The lowest BCUT2D eigenvalue weighted by atomic mass is 9.96. The van der Waals surface area contributed by atoms with E-state index in [1.54, 1.807) is 0 Å². The number of aliphatic hydroxyl groups excluding tert-OH is 2. The van der Waals surface area contributed by atoms with Crippen molar-refractivity contribution in [3.05, 3.63) is 41.6 Å². The second-order valence-corrected chi connectivity index (χ2v) is 7.87. The minimum Gasteiger partial charge on any atom is -0.394 e. The summed E-state index contributed by atoms with van der Waals surface area (Å²) in [7, 11) is 0. The maximum atomic E-state index is 12.6. The number of rotatable bonds is 6. The molecule has 2 aromatic rings. The van der Waals surface area contributed by atoms with Crippen molar-refractivity contribution in [3.8, 4) is 11.4 Å². The van der Waals surface area contributed by atoms with Gasteiger partial charge < -0.3 is 20.4 Å². The number of hydrogen-bond donors (Lipinski definition) is 3. The molecule has 4 rings (SSSR count). The van der Waals surface area contributed by atoms with Gasteiger partial charge in [0.25, 0.3) is 0 Å². The molecule has 29 heavy (non-hydrogen) atoms. The number of carbonyl (C=O) groups excluding carboxylic acids is 1. The average Bonchev–Trinajstić information content (AvgIpc) is 3.26. The molecule has 1 aromatic carbocycles. The van der Waals surface area contributed by atoms with Crippen molar-refractivity contribution in [1.29, 1.82) is 0 Å². The van der Waals surface area contributed by atoms with E-state index in [-0.39, 0.29) is 25.0 Å². The Bertz CT molecular complexity index is 855. The molecule has 0 saturated carbocycles. The highest BCUT2D eigenvalue weighted by Gasteiger charge is 2.31. The molecule has 2 aliphatic rings. The third kappa shape index (κ3) is 4.26. The molecular weight excluding hydrogens is 368 g/mol. The summed E-state index contributed by atoms with van der Waals surface area (Å²) in [6.45, 7) is 0.926. The van der Waals surface area contributed by atoms with E-state index in [2.05, 4.69) is 10.2 Å². The number of amides is 1. The third-order valence-corrected chi connectivity index (χ3v) is 5.82. The first-order valence-electron chi connectivity index (χ1n) is 10.4. The smallest absolute Gasteiger partial charge is 0.225 e. The van der Waals surface area contributed by atoms with Crippen molar-refractivity contribution < 1.29 is 15.0 Å². The molecule has 1 aliphatic carbocycles. The Labute approximate surface area is 170 Å². The normalized spacial score (nSPS) is 18.7. The van der Waals surface area contributed by atoms with Crippen LogP contribution in [0.1, 0.15) is 30.5 Å². The SMILES string of the molecule is O=C(NC(CO)CO)[C@@H]1CCCN(c2nc(-c3ccccc3)nc3c2CCC3)C1. The standard InChI is InChI=1S/C22H28N4O3/c27-13-17(14-28)23-22(29)16-8-5-11-26(12-16)21-18-9-4-10-19(18)24-20(25-21)15-6-2-1-3-7-15/h1-3,6-7,16-17,27-28H,4-5,8-14H2,(H,23,29)/t16-/m1/s1. The maximum Gasteiger partial charge on any atom is 0.225 e. The number of nitrogens with one attached hydrogen (secondary N) is 1. The van der Waals surface area contributed by atoms with Gasteiger partial charge in [0.05, 0.1) is 25.2 Å². The van der Waals surface area contributed by atoms with Crippen LogP contribution in [0.2, 0.25) is 0 Å². The third-order valence-electron chi connectivity index (χ3n) is 5.82. The Morgan fingerprint density at radius 1 is 1.14 bits per heavy atom. The molecule has 1 aliphatic heterocycles. The lowest BCUT2D eigenvalue weighted by molar-refractivity contribution is -0.126.